The highest BCUT2D eigenvalue weighted by Gasteiger charge is 2.18. The molecule has 0 aromatic rings. The lowest BCUT2D eigenvalue weighted by Gasteiger charge is -2.27. The molecule has 1 nitrogen and oxygen atoms in total. The van der Waals surface area contributed by atoms with Gasteiger partial charge >= 0.3 is 0 Å². The molecule has 2 aliphatic carbocycles. The molecule has 2 rings (SSSR count). The van der Waals surface area contributed by atoms with Gasteiger partial charge in [0, 0.05) is 6.04 Å². The fourth-order valence-electron chi connectivity index (χ4n) is 2.33. The Labute approximate surface area is 98.8 Å². The molecule has 0 bridgehead atoms. The zero-order valence-corrected chi connectivity index (χ0v) is 10.5. The van der Waals surface area contributed by atoms with Crippen molar-refractivity contribution in [3.05, 3.63) is 24.1 Å². The number of allylic oxidation sites excluding steroid dienone is 4. The molecule has 0 aromatic carbocycles. The Morgan fingerprint density at radius 3 is 2.38 bits per heavy atom. The lowest BCUT2D eigenvalue weighted by atomic mass is 9.86. The van der Waals surface area contributed by atoms with Gasteiger partial charge in [-0.3, -0.25) is 0 Å². The molecular weight excluding hydrogens is 201 g/mol. The van der Waals surface area contributed by atoms with Crippen LogP contribution in [0.25, 0.3) is 0 Å². The average Bonchev–Trinajstić information content (AvgIpc) is 2.31. The molecule has 2 unspecified atom stereocenters. The second-order valence-electron chi connectivity index (χ2n) is 4.73. The van der Waals surface area contributed by atoms with Crippen LogP contribution in [0.2, 0.25) is 0 Å². The van der Waals surface area contributed by atoms with E-state index in [2.05, 4.69) is 19.3 Å². The van der Waals surface area contributed by atoms with Crippen LogP contribution in [0.4, 0.5) is 4.39 Å². The molecule has 92 valence electrons. The summed E-state index contributed by atoms with van der Waals surface area (Å²) in [4.78, 5) is 0. The van der Waals surface area contributed by atoms with Crippen LogP contribution >= 0.6 is 0 Å². The Kier molecular flexibility index (Phi) is 6.39. The van der Waals surface area contributed by atoms with Crippen molar-refractivity contribution in [1.82, 2.24) is 5.32 Å². The van der Waals surface area contributed by atoms with Crippen LogP contribution in [0.3, 0.4) is 0 Å². The van der Waals surface area contributed by atoms with Crippen LogP contribution < -0.4 is 5.32 Å². The Morgan fingerprint density at radius 2 is 2.00 bits per heavy atom. The van der Waals surface area contributed by atoms with E-state index in [0.717, 1.165) is 24.8 Å². The van der Waals surface area contributed by atoms with E-state index in [0.29, 0.717) is 0 Å². The molecule has 1 fully saturated rings. The van der Waals surface area contributed by atoms with Crippen molar-refractivity contribution in [3.63, 3.8) is 0 Å². The molecule has 0 aromatic heterocycles. The zero-order chi connectivity index (χ0) is 11.8. The van der Waals surface area contributed by atoms with Crippen LogP contribution in [-0.4, -0.2) is 13.1 Å². The molecule has 16 heavy (non-hydrogen) atoms. The fraction of sp³-hybridized carbons (Fsp3) is 0.714. The quantitative estimate of drug-likeness (QED) is 0.712. The van der Waals surface area contributed by atoms with Crippen molar-refractivity contribution in [1.29, 1.82) is 0 Å². The standard InChI is InChI=1S/C8H17N.C6H7F/c1-7-5-3-4-6-8(7)9-2;7-6-4-2-1-3-5-6/h7-9H,3-6H2,1-2H3;2,4-5H,1,3H2. The molecule has 0 amide bonds. The Bertz CT molecular complexity index is 245. The summed E-state index contributed by atoms with van der Waals surface area (Å²) in [6.07, 6.45) is 12.5. The molecule has 2 atom stereocenters. The lowest BCUT2D eigenvalue weighted by molar-refractivity contribution is 0.294. The lowest BCUT2D eigenvalue weighted by Crippen LogP contribution is -2.34. The summed E-state index contributed by atoms with van der Waals surface area (Å²) in [5.41, 5.74) is 0. The summed E-state index contributed by atoms with van der Waals surface area (Å²) in [5.74, 6) is 0.815. The molecule has 0 heterocycles. The van der Waals surface area contributed by atoms with E-state index in [4.69, 9.17) is 0 Å². The van der Waals surface area contributed by atoms with Crippen molar-refractivity contribution in [3.8, 4) is 0 Å². The molecular formula is C14H24FN. The third-order valence-electron chi connectivity index (χ3n) is 3.43. The molecule has 0 aliphatic heterocycles. The van der Waals surface area contributed by atoms with Gasteiger partial charge in [-0.2, -0.15) is 0 Å². The van der Waals surface area contributed by atoms with Crippen molar-refractivity contribution in [2.45, 2.75) is 51.5 Å². The number of hydrogen-bond acceptors (Lipinski definition) is 1. The highest BCUT2D eigenvalue weighted by molar-refractivity contribution is 5.14. The monoisotopic (exact) mass is 225 g/mol. The third kappa shape index (κ3) is 4.93. The van der Waals surface area contributed by atoms with Gasteiger partial charge in [0.25, 0.3) is 0 Å². The Balaban J connectivity index is 0.000000165. The van der Waals surface area contributed by atoms with Gasteiger partial charge in [-0.15, -0.1) is 0 Å². The predicted molar refractivity (Wildman–Crippen MR) is 68.0 cm³/mol. The Hall–Kier alpha value is -0.630. The molecule has 2 heteroatoms. The minimum absolute atomic E-state index is 0.0914. The maximum atomic E-state index is 12.0. The van der Waals surface area contributed by atoms with Gasteiger partial charge in [-0.05, 0) is 50.8 Å². The van der Waals surface area contributed by atoms with Gasteiger partial charge < -0.3 is 5.32 Å². The summed E-state index contributed by atoms with van der Waals surface area (Å²) in [7, 11) is 2.08. The number of rotatable bonds is 1. The van der Waals surface area contributed by atoms with Gasteiger partial charge in [0.15, 0.2) is 0 Å². The van der Waals surface area contributed by atoms with Crippen molar-refractivity contribution in [2.24, 2.45) is 5.92 Å². The van der Waals surface area contributed by atoms with Crippen molar-refractivity contribution >= 4 is 0 Å². The first kappa shape index (κ1) is 13.4. The maximum absolute atomic E-state index is 12.0. The third-order valence-corrected chi connectivity index (χ3v) is 3.43. The average molecular weight is 225 g/mol. The van der Waals surface area contributed by atoms with Crippen LogP contribution in [0, 0.1) is 5.92 Å². The molecule has 1 saturated carbocycles. The van der Waals surface area contributed by atoms with Gasteiger partial charge in [0.2, 0.25) is 0 Å². The SMILES string of the molecule is CNC1CCCCC1C.FC1=CCCC=C1. The van der Waals surface area contributed by atoms with E-state index in [1.807, 2.05) is 6.08 Å². The summed E-state index contributed by atoms with van der Waals surface area (Å²) < 4.78 is 12.0. The second-order valence-corrected chi connectivity index (χ2v) is 4.73. The topological polar surface area (TPSA) is 12.0 Å². The van der Waals surface area contributed by atoms with Gasteiger partial charge in [-0.1, -0.05) is 25.8 Å². The van der Waals surface area contributed by atoms with E-state index in [9.17, 15) is 4.39 Å². The van der Waals surface area contributed by atoms with Crippen LogP contribution in [0.1, 0.15) is 45.4 Å². The minimum Gasteiger partial charge on any atom is -0.317 e. The first-order chi connectivity index (χ1) is 7.74. The molecule has 0 saturated heterocycles. The van der Waals surface area contributed by atoms with Crippen molar-refractivity contribution < 1.29 is 4.39 Å². The summed E-state index contributed by atoms with van der Waals surface area (Å²) >= 11 is 0. The number of hydrogen-bond donors (Lipinski definition) is 1. The van der Waals surface area contributed by atoms with Crippen molar-refractivity contribution in [2.75, 3.05) is 7.05 Å². The van der Waals surface area contributed by atoms with Crippen LogP contribution in [0.15, 0.2) is 24.1 Å². The van der Waals surface area contributed by atoms with E-state index in [1.165, 1.54) is 31.8 Å². The first-order valence-electron chi connectivity index (χ1n) is 6.43. The van der Waals surface area contributed by atoms with Crippen LogP contribution in [0.5, 0.6) is 0 Å². The minimum atomic E-state index is -0.0914. The number of nitrogens with one attached hydrogen (secondary N) is 1. The normalized spacial score (nSPS) is 29.1. The van der Waals surface area contributed by atoms with E-state index in [1.54, 1.807) is 6.08 Å². The highest BCUT2D eigenvalue weighted by atomic mass is 19.1. The van der Waals surface area contributed by atoms with Gasteiger partial charge in [-0.25, -0.2) is 4.39 Å². The van der Waals surface area contributed by atoms with E-state index in [-0.39, 0.29) is 5.83 Å². The van der Waals surface area contributed by atoms with Gasteiger partial charge in [0.05, 0.1) is 0 Å². The second kappa shape index (κ2) is 7.61. The Morgan fingerprint density at radius 1 is 1.25 bits per heavy atom. The largest absolute Gasteiger partial charge is 0.317 e. The van der Waals surface area contributed by atoms with E-state index >= 15 is 0 Å². The smallest absolute Gasteiger partial charge is 0.118 e. The fourth-order valence-corrected chi connectivity index (χ4v) is 2.33. The summed E-state index contributed by atoms with van der Waals surface area (Å²) in [6, 6.07) is 0.804. The summed E-state index contributed by atoms with van der Waals surface area (Å²) in [5, 5.41) is 3.35. The van der Waals surface area contributed by atoms with Gasteiger partial charge in [0.1, 0.15) is 5.83 Å². The molecule has 0 radical (unpaired) electrons. The predicted octanol–water partition coefficient (Wildman–Crippen LogP) is 3.97. The first-order valence-corrected chi connectivity index (χ1v) is 6.43. The van der Waals surface area contributed by atoms with E-state index < -0.39 is 0 Å². The molecule has 1 N–H and O–H groups in total. The summed E-state index contributed by atoms with van der Waals surface area (Å²) in [6.45, 7) is 2.35. The zero-order valence-electron chi connectivity index (χ0n) is 10.5. The molecule has 2 aliphatic rings. The molecule has 0 spiro atoms. The highest BCUT2D eigenvalue weighted by Crippen LogP contribution is 2.22. The maximum Gasteiger partial charge on any atom is 0.118 e. The number of halogens is 1. The van der Waals surface area contributed by atoms with Crippen LogP contribution in [-0.2, 0) is 0 Å².